The SMILES string of the molecule is CCC(C)CC(CC)Nc1cc(S(N)(=O)=O)ccc1Cl. The molecule has 1 aromatic rings. The molecule has 2 atom stereocenters. The van der Waals surface area contributed by atoms with Crippen molar-refractivity contribution in [2.24, 2.45) is 11.1 Å². The lowest BCUT2D eigenvalue weighted by molar-refractivity contribution is 0.462. The van der Waals surface area contributed by atoms with Crippen LogP contribution in [0.3, 0.4) is 0 Å². The number of nitrogens with two attached hydrogens (primary N) is 1. The smallest absolute Gasteiger partial charge is 0.238 e. The summed E-state index contributed by atoms with van der Waals surface area (Å²) in [5, 5.41) is 8.97. The Balaban J connectivity index is 2.95. The predicted octanol–water partition coefficient (Wildman–Crippen LogP) is 3.61. The number of benzene rings is 1. The average Bonchev–Trinajstić information content (AvgIpc) is 2.38. The Morgan fingerprint density at radius 3 is 2.45 bits per heavy atom. The van der Waals surface area contributed by atoms with E-state index in [-0.39, 0.29) is 10.9 Å². The van der Waals surface area contributed by atoms with Gasteiger partial charge in [0.05, 0.1) is 15.6 Å². The Hall–Kier alpha value is -0.780. The maximum Gasteiger partial charge on any atom is 0.238 e. The van der Waals surface area contributed by atoms with Crippen LogP contribution in [0.4, 0.5) is 5.69 Å². The Morgan fingerprint density at radius 2 is 1.95 bits per heavy atom. The van der Waals surface area contributed by atoms with Crippen molar-refractivity contribution in [3.8, 4) is 0 Å². The van der Waals surface area contributed by atoms with Gasteiger partial charge in [0.25, 0.3) is 0 Å². The Kier molecular flexibility index (Phi) is 6.30. The molecule has 0 heterocycles. The van der Waals surface area contributed by atoms with E-state index in [1.54, 1.807) is 6.07 Å². The Bertz CT molecular complexity index is 546. The summed E-state index contributed by atoms with van der Waals surface area (Å²) in [5.41, 5.74) is 0.619. The van der Waals surface area contributed by atoms with Gasteiger partial charge in [-0.1, -0.05) is 38.8 Å². The van der Waals surface area contributed by atoms with Gasteiger partial charge in [-0.05, 0) is 37.0 Å². The van der Waals surface area contributed by atoms with Crippen molar-refractivity contribution >= 4 is 27.3 Å². The normalized spacial score (nSPS) is 14.8. The number of sulfonamides is 1. The molecule has 0 bridgehead atoms. The largest absolute Gasteiger partial charge is 0.381 e. The van der Waals surface area contributed by atoms with Crippen molar-refractivity contribution < 1.29 is 8.42 Å². The summed E-state index contributed by atoms with van der Waals surface area (Å²) in [6.45, 7) is 6.45. The number of anilines is 1. The lowest BCUT2D eigenvalue weighted by Crippen LogP contribution is -2.22. The molecule has 0 aliphatic carbocycles. The molecule has 6 heteroatoms. The first-order chi connectivity index (χ1) is 9.27. The Morgan fingerprint density at radius 1 is 1.30 bits per heavy atom. The van der Waals surface area contributed by atoms with Gasteiger partial charge in [0, 0.05) is 6.04 Å². The maximum absolute atomic E-state index is 11.4. The summed E-state index contributed by atoms with van der Waals surface area (Å²) in [6.07, 6.45) is 3.08. The molecule has 0 fully saturated rings. The van der Waals surface area contributed by atoms with E-state index in [0.717, 1.165) is 19.3 Å². The lowest BCUT2D eigenvalue weighted by Gasteiger charge is -2.22. The molecule has 2 unspecified atom stereocenters. The highest BCUT2D eigenvalue weighted by atomic mass is 35.5. The molecule has 1 aromatic carbocycles. The van der Waals surface area contributed by atoms with Crippen molar-refractivity contribution in [2.45, 2.75) is 51.0 Å². The zero-order chi connectivity index (χ0) is 15.3. The van der Waals surface area contributed by atoms with Crippen LogP contribution in [0.2, 0.25) is 5.02 Å². The highest BCUT2D eigenvalue weighted by molar-refractivity contribution is 7.89. The van der Waals surface area contributed by atoms with E-state index in [0.29, 0.717) is 16.6 Å². The molecule has 0 radical (unpaired) electrons. The molecule has 1 rings (SSSR count). The third-order valence-corrected chi connectivity index (χ3v) is 4.74. The molecular formula is C14H23ClN2O2S. The first-order valence-corrected chi connectivity index (χ1v) is 8.79. The number of rotatable bonds is 7. The van der Waals surface area contributed by atoms with E-state index in [1.165, 1.54) is 12.1 Å². The number of primary sulfonamides is 1. The van der Waals surface area contributed by atoms with Gasteiger partial charge in [-0.15, -0.1) is 0 Å². The molecule has 20 heavy (non-hydrogen) atoms. The van der Waals surface area contributed by atoms with Gasteiger partial charge in [0.15, 0.2) is 0 Å². The van der Waals surface area contributed by atoms with Crippen LogP contribution in [0.15, 0.2) is 23.1 Å². The average molecular weight is 319 g/mol. The van der Waals surface area contributed by atoms with Crippen LogP contribution in [-0.4, -0.2) is 14.5 Å². The summed E-state index contributed by atoms with van der Waals surface area (Å²) in [6, 6.07) is 4.73. The van der Waals surface area contributed by atoms with Gasteiger partial charge in [0.2, 0.25) is 10.0 Å². The van der Waals surface area contributed by atoms with E-state index in [1.807, 2.05) is 0 Å². The van der Waals surface area contributed by atoms with Gasteiger partial charge >= 0.3 is 0 Å². The van der Waals surface area contributed by atoms with Crippen molar-refractivity contribution in [2.75, 3.05) is 5.32 Å². The van der Waals surface area contributed by atoms with E-state index in [2.05, 4.69) is 26.1 Å². The fourth-order valence-electron chi connectivity index (χ4n) is 1.99. The molecule has 0 spiro atoms. The highest BCUT2D eigenvalue weighted by Gasteiger charge is 2.15. The third-order valence-electron chi connectivity index (χ3n) is 3.50. The zero-order valence-corrected chi connectivity index (χ0v) is 13.8. The van der Waals surface area contributed by atoms with Crippen LogP contribution in [0, 0.1) is 5.92 Å². The summed E-state index contributed by atoms with van der Waals surface area (Å²) in [7, 11) is -3.71. The molecule has 0 aromatic heterocycles. The third kappa shape index (κ3) is 4.96. The van der Waals surface area contributed by atoms with Crippen LogP contribution in [0.5, 0.6) is 0 Å². The van der Waals surface area contributed by atoms with E-state index in [9.17, 15) is 8.42 Å². The van der Waals surface area contributed by atoms with Crippen molar-refractivity contribution in [3.05, 3.63) is 23.2 Å². The van der Waals surface area contributed by atoms with Gasteiger partial charge < -0.3 is 5.32 Å². The van der Waals surface area contributed by atoms with Crippen LogP contribution < -0.4 is 10.5 Å². The van der Waals surface area contributed by atoms with E-state index in [4.69, 9.17) is 16.7 Å². The molecule has 3 N–H and O–H groups in total. The second-order valence-electron chi connectivity index (χ2n) is 5.19. The molecule has 0 saturated carbocycles. The molecule has 114 valence electrons. The number of hydrogen-bond donors (Lipinski definition) is 2. The van der Waals surface area contributed by atoms with Crippen LogP contribution >= 0.6 is 11.6 Å². The standard InChI is InChI=1S/C14H23ClN2O2S/c1-4-10(3)8-11(5-2)17-14-9-12(20(16,18)19)6-7-13(14)15/h6-7,9-11,17H,4-5,8H2,1-3H3,(H2,16,18,19). The monoisotopic (exact) mass is 318 g/mol. The molecule has 4 nitrogen and oxygen atoms in total. The summed E-state index contributed by atoms with van der Waals surface area (Å²) in [4.78, 5) is 0.0720. The molecule has 0 aliphatic rings. The maximum atomic E-state index is 11.4. The zero-order valence-electron chi connectivity index (χ0n) is 12.2. The van der Waals surface area contributed by atoms with Crippen LogP contribution in [0.1, 0.15) is 40.0 Å². The predicted molar refractivity (Wildman–Crippen MR) is 84.6 cm³/mol. The number of halogens is 1. The van der Waals surface area contributed by atoms with Crippen LogP contribution in [0.25, 0.3) is 0 Å². The van der Waals surface area contributed by atoms with Gasteiger partial charge in [-0.3, -0.25) is 0 Å². The minimum Gasteiger partial charge on any atom is -0.381 e. The summed E-state index contributed by atoms with van der Waals surface area (Å²) >= 11 is 6.12. The Labute approximate surface area is 126 Å². The van der Waals surface area contributed by atoms with Crippen LogP contribution in [-0.2, 0) is 10.0 Å². The number of nitrogens with one attached hydrogen (secondary N) is 1. The van der Waals surface area contributed by atoms with E-state index < -0.39 is 10.0 Å². The second kappa shape index (κ2) is 7.29. The summed E-state index contributed by atoms with van der Waals surface area (Å²) in [5.74, 6) is 0.604. The van der Waals surface area contributed by atoms with E-state index >= 15 is 0 Å². The number of hydrogen-bond acceptors (Lipinski definition) is 3. The quantitative estimate of drug-likeness (QED) is 0.806. The minimum absolute atomic E-state index is 0.0720. The first kappa shape index (κ1) is 17.3. The lowest BCUT2D eigenvalue weighted by atomic mass is 9.97. The van der Waals surface area contributed by atoms with Gasteiger partial charge in [-0.2, -0.15) is 0 Å². The van der Waals surface area contributed by atoms with Gasteiger partial charge in [0.1, 0.15) is 0 Å². The molecule has 0 amide bonds. The van der Waals surface area contributed by atoms with Crippen molar-refractivity contribution in [1.82, 2.24) is 0 Å². The van der Waals surface area contributed by atoms with Crippen molar-refractivity contribution in [1.29, 1.82) is 0 Å². The highest BCUT2D eigenvalue weighted by Crippen LogP contribution is 2.27. The second-order valence-corrected chi connectivity index (χ2v) is 7.15. The van der Waals surface area contributed by atoms with Gasteiger partial charge in [-0.25, -0.2) is 13.6 Å². The summed E-state index contributed by atoms with van der Waals surface area (Å²) < 4.78 is 22.8. The molecule has 0 saturated heterocycles. The fraction of sp³-hybridized carbons (Fsp3) is 0.571. The first-order valence-electron chi connectivity index (χ1n) is 6.86. The molecule has 0 aliphatic heterocycles. The fourth-order valence-corrected chi connectivity index (χ4v) is 2.70. The molecular weight excluding hydrogens is 296 g/mol. The minimum atomic E-state index is -3.71. The van der Waals surface area contributed by atoms with Crippen molar-refractivity contribution in [3.63, 3.8) is 0 Å². The topological polar surface area (TPSA) is 72.2 Å².